The Morgan fingerprint density at radius 1 is 0.944 bits per heavy atom. The highest BCUT2D eigenvalue weighted by Gasteiger charge is 2.25. The van der Waals surface area contributed by atoms with Gasteiger partial charge in [-0.3, -0.25) is 4.90 Å². The van der Waals surface area contributed by atoms with Crippen molar-refractivity contribution in [1.29, 1.82) is 0 Å². The third-order valence-electron chi connectivity index (χ3n) is 3.64. The number of fused-ring (bicyclic) bond motifs is 1. The van der Waals surface area contributed by atoms with Gasteiger partial charge in [0.15, 0.2) is 0 Å². The summed E-state index contributed by atoms with van der Waals surface area (Å²) in [6.07, 6.45) is 1.16. The molecule has 0 bridgehead atoms. The summed E-state index contributed by atoms with van der Waals surface area (Å²) in [5.74, 6) is 0. The van der Waals surface area contributed by atoms with Crippen molar-refractivity contribution < 1.29 is 0 Å². The van der Waals surface area contributed by atoms with Crippen molar-refractivity contribution in [2.24, 2.45) is 0 Å². The van der Waals surface area contributed by atoms with E-state index in [0.717, 1.165) is 13.0 Å². The van der Waals surface area contributed by atoms with E-state index in [1.807, 2.05) is 0 Å². The summed E-state index contributed by atoms with van der Waals surface area (Å²) < 4.78 is 0. The van der Waals surface area contributed by atoms with Crippen LogP contribution in [0.5, 0.6) is 0 Å². The molecule has 2 aromatic carbocycles. The van der Waals surface area contributed by atoms with Crippen molar-refractivity contribution in [3.8, 4) is 0 Å². The predicted molar refractivity (Wildman–Crippen MR) is 86.5 cm³/mol. The predicted octanol–water partition coefficient (Wildman–Crippen LogP) is 3.88. The van der Waals surface area contributed by atoms with Crippen molar-refractivity contribution in [2.75, 3.05) is 13.6 Å². The smallest absolute Gasteiger partial charge is 0.0602 e. The Balaban J connectivity index is 0.00000120. The van der Waals surface area contributed by atoms with Crippen LogP contribution in [0.2, 0.25) is 0 Å². The standard InChI is InChI=1S/C16H17N.HI/c1-17-12-11-13-7-5-6-10-15(13)16(17)14-8-3-2-4-9-14;/h2-10,16H,11-12H2,1H3;1H. The van der Waals surface area contributed by atoms with Gasteiger partial charge in [-0.2, -0.15) is 0 Å². The molecule has 0 N–H and O–H groups in total. The van der Waals surface area contributed by atoms with E-state index in [1.165, 1.54) is 16.7 Å². The minimum atomic E-state index is 0. The van der Waals surface area contributed by atoms with Gasteiger partial charge in [0.1, 0.15) is 0 Å². The zero-order valence-electron chi connectivity index (χ0n) is 10.5. The Kier molecular flexibility index (Phi) is 4.40. The molecule has 0 fully saturated rings. The molecule has 0 aliphatic carbocycles. The first-order valence-electron chi connectivity index (χ1n) is 6.19. The zero-order chi connectivity index (χ0) is 11.7. The molecule has 0 amide bonds. The Bertz CT molecular complexity index is 510. The number of benzene rings is 2. The van der Waals surface area contributed by atoms with Crippen LogP contribution in [0.1, 0.15) is 22.7 Å². The highest BCUT2D eigenvalue weighted by Crippen LogP contribution is 2.33. The SMILES string of the molecule is CN1CCc2ccccc2C1c1ccccc1.I. The van der Waals surface area contributed by atoms with Crippen LogP contribution in [0.15, 0.2) is 54.6 Å². The Morgan fingerprint density at radius 3 is 2.39 bits per heavy atom. The average molecular weight is 351 g/mol. The van der Waals surface area contributed by atoms with E-state index in [2.05, 4.69) is 66.5 Å². The van der Waals surface area contributed by atoms with Crippen molar-refractivity contribution in [2.45, 2.75) is 12.5 Å². The maximum atomic E-state index is 2.44. The summed E-state index contributed by atoms with van der Waals surface area (Å²) in [5.41, 5.74) is 4.36. The molecular formula is C16H18IN. The average Bonchev–Trinajstić information content (AvgIpc) is 2.39. The topological polar surface area (TPSA) is 3.24 Å². The highest BCUT2D eigenvalue weighted by molar-refractivity contribution is 14.0. The Labute approximate surface area is 126 Å². The lowest BCUT2D eigenvalue weighted by atomic mass is 9.89. The van der Waals surface area contributed by atoms with E-state index in [0.29, 0.717) is 6.04 Å². The number of likely N-dealkylation sites (N-methyl/N-ethyl adjacent to an activating group) is 1. The van der Waals surface area contributed by atoms with Crippen LogP contribution in [0.25, 0.3) is 0 Å². The number of rotatable bonds is 1. The van der Waals surface area contributed by atoms with Gasteiger partial charge in [0.05, 0.1) is 6.04 Å². The van der Waals surface area contributed by atoms with Crippen LogP contribution in [-0.2, 0) is 6.42 Å². The van der Waals surface area contributed by atoms with Crippen molar-refractivity contribution >= 4 is 24.0 Å². The summed E-state index contributed by atoms with van der Waals surface area (Å²) in [6.45, 7) is 1.14. The summed E-state index contributed by atoms with van der Waals surface area (Å²) in [6, 6.07) is 20.0. The second-order valence-corrected chi connectivity index (χ2v) is 4.74. The Hall–Kier alpha value is -0.870. The Morgan fingerprint density at radius 2 is 1.61 bits per heavy atom. The lowest BCUT2D eigenvalue weighted by molar-refractivity contribution is 0.265. The first-order valence-corrected chi connectivity index (χ1v) is 6.19. The first kappa shape index (κ1) is 13.6. The summed E-state index contributed by atoms with van der Waals surface area (Å²) in [7, 11) is 2.22. The van der Waals surface area contributed by atoms with E-state index >= 15 is 0 Å². The van der Waals surface area contributed by atoms with Gasteiger partial charge in [0.25, 0.3) is 0 Å². The van der Waals surface area contributed by atoms with Crippen molar-refractivity contribution in [3.63, 3.8) is 0 Å². The molecule has 1 heterocycles. The summed E-state index contributed by atoms with van der Waals surface area (Å²) in [4.78, 5) is 2.44. The molecule has 1 atom stereocenters. The summed E-state index contributed by atoms with van der Waals surface area (Å²) in [5, 5.41) is 0. The second kappa shape index (κ2) is 5.85. The van der Waals surface area contributed by atoms with Gasteiger partial charge in [-0.25, -0.2) is 0 Å². The van der Waals surface area contributed by atoms with E-state index in [4.69, 9.17) is 0 Å². The molecule has 0 saturated heterocycles. The van der Waals surface area contributed by atoms with Gasteiger partial charge in [-0.05, 0) is 30.2 Å². The quantitative estimate of drug-likeness (QED) is 0.705. The maximum Gasteiger partial charge on any atom is 0.0602 e. The number of halogens is 1. The van der Waals surface area contributed by atoms with E-state index in [9.17, 15) is 0 Å². The fourth-order valence-corrected chi connectivity index (χ4v) is 2.76. The molecule has 0 aromatic heterocycles. The third-order valence-corrected chi connectivity index (χ3v) is 3.64. The molecule has 1 nitrogen and oxygen atoms in total. The number of hydrogen-bond acceptors (Lipinski definition) is 1. The van der Waals surface area contributed by atoms with Crippen LogP contribution in [0, 0.1) is 0 Å². The lowest BCUT2D eigenvalue weighted by Gasteiger charge is -2.35. The second-order valence-electron chi connectivity index (χ2n) is 4.74. The number of hydrogen-bond donors (Lipinski definition) is 0. The minimum absolute atomic E-state index is 0. The van der Waals surface area contributed by atoms with Gasteiger partial charge >= 0.3 is 0 Å². The molecule has 2 aromatic rings. The fourth-order valence-electron chi connectivity index (χ4n) is 2.76. The molecule has 3 rings (SSSR count). The molecule has 0 spiro atoms. The van der Waals surface area contributed by atoms with Crippen molar-refractivity contribution in [1.82, 2.24) is 4.90 Å². The largest absolute Gasteiger partial charge is 0.295 e. The number of nitrogens with zero attached hydrogens (tertiary/aromatic N) is 1. The van der Waals surface area contributed by atoms with E-state index in [-0.39, 0.29) is 24.0 Å². The molecule has 1 unspecified atom stereocenters. The van der Waals surface area contributed by atoms with Gasteiger partial charge in [-0.15, -0.1) is 24.0 Å². The molecular weight excluding hydrogens is 333 g/mol. The fraction of sp³-hybridized carbons (Fsp3) is 0.250. The van der Waals surface area contributed by atoms with Crippen LogP contribution >= 0.6 is 24.0 Å². The van der Waals surface area contributed by atoms with E-state index in [1.54, 1.807) is 0 Å². The third kappa shape index (κ3) is 2.45. The lowest BCUT2D eigenvalue weighted by Crippen LogP contribution is -2.32. The molecule has 1 aliphatic heterocycles. The highest BCUT2D eigenvalue weighted by atomic mass is 127. The first-order chi connectivity index (χ1) is 8.36. The van der Waals surface area contributed by atoms with Gasteiger partial charge in [-0.1, -0.05) is 54.6 Å². The monoisotopic (exact) mass is 351 g/mol. The van der Waals surface area contributed by atoms with Crippen LogP contribution in [-0.4, -0.2) is 18.5 Å². The summed E-state index contributed by atoms with van der Waals surface area (Å²) >= 11 is 0. The molecule has 0 saturated carbocycles. The molecule has 0 radical (unpaired) electrons. The van der Waals surface area contributed by atoms with Gasteiger partial charge in [0.2, 0.25) is 0 Å². The zero-order valence-corrected chi connectivity index (χ0v) is 12.9. The maximum absolute atomic E-state index is 2.44. The molecule has 2 heteroatoms. The molecule has 94 valence electrons. The van der Waals surface area contributed by atoms with E-state index < -0.39 is 0 Å². The van der Waals surface area contributed by atoms with Crippen LogP contribution in [0.4, 0.5) is 0 Å². The van der Waals surface area contributed by atoms with Gasteiger partial charge in [0, 0.05) is 6.54 Å². The minimum Gasteiger partial charge on any atom is -0.295 e. The van der Waals surface area contributed by atoms with Crippen molar-refractivity contribution in [3.05, 3.63) is 71.3 Å². The normalized spacial score (nSPS) is 18.8. The van der Waals surface area contributed by atoms with Crippen LogP contribution < -0.4 is 0 Å². The molecule has 18 heavy (non-hydrogen) atoms. The van der Waals surface area contributed by atoms with Gasteiger partial charge < -0.3 is 0 Å². The van der Waals surface area contributed by atoms with Crippen LogP contribution in [0.3, 0.4) is 0 Å². The molecule has 1 aliphatic rings.